The summed E-state index contributed by atoms with van der Waals surface area (Å²) in [4.78, 5) is 57.1. The summed E-state index contributed by atoms with van der Waals surface area (Å²) >= 11 is 2.50. The van der Waals surface area contributed by atoms with E-state index in [-0.39, 0.29) is 37.5 Å². The standard InChI is InChI=1S/C30H33N3O8S2/c1-33(12-11-27(37)38)30(39)29-32-20-14-18(23(41-3)16-25(20)43-29)8-6-4-5-7-17-13-19-24(15-22(17)40-2)42-28(31-19)21(34)9-10-26(35)36/h13-16H,4-12H2,1-3H3,(H,35,36)(H,37,38). The van der Waals surface area contributed by atoms with Crippen molar-refractivity contribution in [2.75, 3.05) is 27.8 Å². The van der Waals surface area contributed by atoms with Crippen LogP contribution < -0.4 is 9.47 Å². The Morgan fingerprint density at radius 3 is 1.77 bits per heavy atom. The Hall–Kier alpha value is -4.10. The van der Waals surface area contributed by atoms with Gasteiger partial charge in [0.1, 0.15) is 11.5 Å². The number of carbonyl (C=O) groups excluding carboxylic acids is 2. The van der Waals surface area contributed by atoms with E-state index < -0.39 is 11.9 Å². The molecule has 2 aromatic carbocycles. The molecule has 2 N–H and O–H groups in total. The number of hydrogen-bond donors (Lipinski definition) is 2. The lowest BCUT2D eigenvalue weighted by atomic mass is 10.0. The first-order chi connectivity index (χ1) is 20.6. The van der Waals surface area contributed by atoms with E-state index in [2.05, 4.69) is 9.97 Å². The number of aryl methyl sites for hydroxylation is 2. The smallest absolute Gasteiger partial charge is 0.305 e. The van der Waals surface area contributed by atoms with Crippen molar-refractivity contribution in [2.45, 2.75) is 51.4 Å². The lowest BCUT2D eigenvalue weighted by Crippen LogP contribution is -2.28. The number of carboxylic acids is 2. The van der Waals surface area contributed by atoms with Crippen molar-refractivity contribution < 1.29 is 38.9 Å². The maximum absolute atomic E-state index is 12.7. The van der Waals surface area contributed by atoms with Gasteiger partial charge in [-0.25, -0.2) is 9.97 Å². The third-order valence-corrected chi connectivity index (χ3v) is 9.03. The fourth-order valence-electron chi connectivity index (χ4n) is 4.64. The topological polar surface area (TPSA) is 156 Å². The molecule has 0 saturated heterocycles. The number of ether oxygens (including phenoxy) is 2. The van der Waals surface area contributed by atoms with Crippen molar-refractivity contribution in [2.24, 2.45) is 0 Å². The minimum atomic E-state index is -1.01. The molecule has 2 heterocycles. The van der Waals surface area contributed by atoms with Gasteiger partial charge in [0, 0.05) is 20.0 Å². The Labute approximate surface area is 256 Å². The molecule has 11 nitrogen and oxygen atoms in total. The van der Waals surface area contributed by atoms with Gasteiger partial charge in [-0.15, -0.1) is 22.7 Å². The van der Waals surface area contributed by atoms with Crippen molar-refractivity contribution in [3.8, 4) is 11.5 Å². The molecule has 1 amide bonds. The van der Waals surface area contributed by atoms with Gasteiger partial charge in [0.2, 0.25) is 0 Å². The molecule has 228 valence electrons. The van der Waals surface area contributed by atoms with Gasteiger partial charge in [-0.2, -0.15) is 0 Å². The van der Waals surface area contributed by atoms with Crippen LogP contribution in [0.3, 0.4) is 0 Å². The zero-order chi connectivity index (χ0) is 31.1. The third kappa shape index (κ3) is 8.05. The molecule has 2 aromatic heterocycles. The quantitative estimate of drug-likeness (QED) is 0.121. The first-order valence-corrected chi connectivity index (χ1v) is 15.4. The number of carbonyl (C=O) groups is 4. The minimum Gasteiger partial charge on any atom is -0.496 e. The summed E-state index contributed by atoms with van der Waals surface area (Å²) < 4.78 is 12.9. The molecule has 0 unspecified atom stereocenters. The van der Waals surface area contributed by atoms with Crippen molar-refractivity contribution in [3.05, 3.63) is 45.4 Å². The van der Waals surface area contributed by atoms with E-state index in [1.54, 1.807) is 21.3 Å². The van der Waals surface area contributed by atoms with Crippen LogP contribution in [0.1, 0.15) is 69.3 Å². The maximum Gasteiger partial charge on any atom is 0.305 e. The molecular weight excluding hydrogens is 594 g/mol. The Morgan fingerprint density at radius 1 is 0.744 bits per heavy atom. The lowest BCUT2D eigenvalue weighted by Gasteiger charge is -2.13. The number of nitrogens with zero attached hydrogens (tertiary/aromatic N) is 3. The summed E-state index contributed by atoms with van der Waals surface area (Å²) in [5, 5.41) is 18.4. The van der Waals surface area contributed by atoms with Gasteiger partial charge in [-0.3, -0.25) is 19.2 Å². The number of benzene rings is 2. The van der Waals surface area contributed by atoms with Gasteiger partial charge in [0.05, 0.1) is 47.5 Å². The molecule has 0 spiro atoms. The van der Waals surface area contributed by atoms with E-state index in [9.17, 15) is 19.2 Å². The fraction of sp³-hybridized carbons (Fsp3) is 0.400. The number of unbranched alkanes of at least 4 members (excludes halogenated alkanes) is 2. The molecule has 4 rings (SSSR count). The van der Waals surface area contributed by atoms with Gasteiger partial charge >= 0.3 is 11.9 Å². The molecule has 0 aliphatic rings. The van der Waals surface area contributed by atoms with Gasteiger partial charge in [-0.1, -0.05) is 6.42 Å². The highest BCUT2D eigenvalue weighted by Gasteiger charge is 2.19. The van der Waals surface area contributed by atoms with Gasteiger partial charge < -0.3 is 24.6 Å². The Morgan fingerprint density at radius 2 is 1.26 bits per heavy atom. The summed E-state index contributed by atoms with van der Waals surface area (Å²) in [6.07, 6.45) is 3.84. The lowest BCUT2D eigenvalue weighted by molar-refractivity contribution is -0.138. The Bertz CT molecular complexity index is 1660. The molecule has 43 heavy (non-hydrogen) atoms. The monoisotopic (exact) mass is 627 g/mol. The molecule has 0 atom stereocenters. The normalized spacial score (nSPS) is 11.1. The van der Waals surface area contributed by atoms with E-state index in [1.807, 2.05) is 24.3 Å². The molecule has 4 aromatic rings. The number of carboxylic acid groups (broad SMARTS) is 2. The van der Waals surface area contributed by atoms with E-state index >= 15 is 0 Å². The van der Waals surface area contributed by atoms with Crippen LogP contribution in [-0.4, -0.2) is 76.5 Å². The molecule has 0 bridgehead atoms. The Balaban J connectivity index is 1.37. The fourth-order valence-corrected chi connectivity index (χ4v) is 6.56. The number of aliphatic carboxylic acids is 2. The molecule has 0 saturated carbocycles. The second-order valence-corrected chi connectivity index (χ2v) is 12.1. The summed E-state index contributed by atoms with van der Waals surface area (Å²) in [6, 6.07) is 7.67. The predicted octanol–water partition coefficient (Wildman–Crippen LogP) is 5.47. The Kier molecular flexibility index (Phi) is 10.6. The van der Waals surface area contributed by atoms with Crippen molar-refractivity contribution >= 4 is 66.7 Å². The number of Topliss-reactive ketones (excluding diaryl/α,β-unsaturated/α-hetero) is 1. The number of methoxy groups -OCH3 is 2. The van der Waals surface area contributed by atoms with Gasteiger partial charge in [0.25, 0.3) is 5.91 Å². The van der Waals surface area contributed by atoms with Crippen LogP contribution in [0, 0.1) is 0 Å². The van der Waals surface area contributed by atoms with E-state index in [1.165, 1.54) is 27.6 Å². The SMILES string of the molecule is COc1cc2sc(C(=O)CCC(=O)O)nc2cc1CCCCCc1cc2nc(C(=O)N(C)CCC(=O)O)sc2cc1OC. The van der Waals surface area contributed by atoms with Crippen LogP contribution in [-0.2, 0) is 22.4 Å². The number of ketones is 1. The largest absolute Gasteiger partial charge is 0.496 e. The van der Waals surface area contributed by atoms with Gasteiger partial charge in [-0.05, 0) is 61.1 Å². The maximum atomic E-state index is 12.7. The van der Waals surface area contributed by atoms with E-state index in [0.717, 1.165) is 64.1 Å². The van der Waals surface area contributed by atoms with Crippen LogP contribution in [0.15, 0.2) is 24.3 Å². The number of hydrogen-bond acceptors (Lipinski definition) is 10. The van der Waals surface area contributed by atoms with Crippen LogP contribution in [0.5, 0.6) is 11.5 Å². The van der Waals surface area contributed by atoms with Crippen molar-refractivity contribution in [1.29, 1.82) is 0 Å². The second-order valence-electron chi connectivity index (χ2n) is 10.0. The summed E-state index contributed by atoms with van der Waals surface area (Å²) in [5.74, 6) is -1.09. The van der Waals surface area contributed by atoms with Crippen LogP contribution in [0.2, 0.25) is 0 Å². The zero-order valence-electron chi connectivity index (χ0n) is 24.2. The van der Waals surface area contributed by atoms with Crippen LogP contribution >= 0.6 is 22.7 Å². The molecular formula is C30H33N3O8S2. The molecule has 0 aliphatic carbocycles. The first kappa shape index (κ1) is 31.8. The predicted molar refractivity (Wildman–Crippen MR) is 164 cm³/mol. The van der Waals surface area contributed by atoms with E-state index in [0.29, 0.717) is 21.0 Å². The summed E-state index contributed by atoms with van der Waals surface area (Å²) in [5.41, 5.74) is 3.40. The number of amides is 1. The summed E-state index contributed by atoms with van der Waals surface area (Å²) in [7, 11) is 4.79. The second kappa shape index (κ2) is 14.4. The van der Waals surface area contributed by atoms with Crippen LogP contribution in [0.4, 0.5) is 0 Å². The molecule has 0 aliphatic heterocycles. The summed E-state index contributed by atoms with van der Waals surface area (Å²) in [6.45, 7) is 0.109. The van der Waals surface area contributed by atoms with Crippen molar-refractivity contribution in [3.63, 3.8) is 0 Å². The number of rotatable bonds is 16. The molecule has 13 heteroatoms. The van der Waals surface area contributed by atoms with E-state index in [4.69, 9.17) is 19.7 Å². The zero-order valence-corrected chi connectivity index (χ0v) is 25.8. The minimum absolute atomic E-state index is 0.0788. The highest BCUT2D eigenvalue weighted by atomic mass is 32.1. The number of fused-ring (bicyclic) bond motifs is 2. The molecule has 0 radical (unpaired) electrons. The van der Waals surface area contributed by atoms with Crippen LogP contribution in [0.25, 0.3) is 20.4 Å². The highest BCUT2D eigenvalue weighted by Crippen LogP contribution is 2.33. The van der Waals surface area contributed by atoms with Crippen molar-refractivity contribution in [1.82, 2.24) is 14.9 Å². The molecule has 0 fully saturated rings. The average Bonchev–Trinajstić information content (AvgIpc) is 3.60. The number of aromatic nitrogens is 2. The van der Waals surface area contributed by atoms with Gasteiger partial charge in [0.15, 0.2) is 15.8 Å². The first-order valence-electron chi connectivity index (χ1n) is 13.8. The highest BCUT2D eigenvalue weighted by molar-refractivity contribution is 7.20. The third-order valence-electron chi connectivity index (χ3n) is 6.97. The number of thiazole rings is 2. The average molecular weight is 628 g/mol.